The first kappa shape index (κ1) is 102. The highest BCUT2D eigenvalue weighted by atomic mass is 15.0. The molecule has 18 aromatic rings. The first-order chi connectivity index (χ1) is 65.6. The van der Waals surface area contributed by atoms with Crippen LogP contribution in [0.5, 0.6) is 0 Å². The molecule has 0 radical (unpaired) electrons. The second-order valence-electron chi connectivity index (χ2n) is 30.3. The van der Waals surface area contributed by atoms with Crippen molar-refractivity contribution in [2.75, 3.05) is 0 Å². The van der Waals surface area contributed by atoms with E-state index in [1.807, 2.05) is 208 Å². The summed E-state index contributed by atoms with van der Waals surface area (Å²) in [4.78, 5) is 0. The fraction of sp³-hybridized carbons (Fsp3) is 0.302. The maximum atomic E-state index is 2.57. The molecule has 15 aromatic carbocycles. The SMILES string of the molecule is CC.CC.CC.CC.CC.CC.CC.CC.CC.CC.CC.CC.CC.CC.CC.c1ccc2c(c1)Cc1c-2ccc2c1c1cccc3c1n2-c1ccc2c(c1C3)-c1ccccc1C2.c1ccc2c(c1)Cc1cc3c4cccc5c4n(c3cc1-2)-c1ccc2c(c1C5)-c1ccccc1C2.c1ccc2c(c1)Cc1ccc3c(c1-2)Cc1cccc2c4c5c(ccc4n-3c12)Cc1ccccc1-5. The Hall–Kier alpha value is -12.3. The van der Waals surface area contributed by atoms with Gasteiger partial charge in [0.1, 0.15) is 0 Å². The zero-order valence-electron chi connectivity index (χ0n) is 86.2. The minimum atomic E-state index is 0.999. The fourth-order valence-corrected chi connectivity index (χ4v) is 21.3. The standard InChI is InChI=1S/3C33H21N.15C2H6/c1-3-9-23-20(7-1)17-27-25(23)13-15-30-32(27)26-11-5-8-22-18-28-29(34(30)33(22)26)14-12-21-16-19-6-2-4-10-24(19)31(21)28;1-3-9-24-19(6-1)16-21-12-14-28-27(30(21)24)18-23-8-5-11-26-32-29(34(28)33(23)26)15-13-22-17-20-7-2-4-10-25(20)31(22)32;1-3-9-24-19(6-1)15-23-17-28-26-11-5-8-22-16-29-30(34(33(22)26)31(28)18-27(23)24)13-12-21-14-20-7-2-4-10-25(20)32(21)29;15*1-2/h2*1-15H,16-18H2;1-13,17-18H,14-16H2;15*1-2H3. The van der Waals surface area contributed by atoms with Crippen LogP contribution in [0, 0.1) is 0 Å². The lowest BCUT2D eigenvalue weighted by Crippen LogP contribution is -2.09. The molecule has 3 aliphatic heterocycles. The van der Waals surface area contributed by atoms with Crippen molar-refractivity contribution in [3.8, 4) is 83.8 Å². The lowest BCUT2D eigenvalue weighted by Gasteiger charge is -2.24. The van der Waals surface area contributed by atoms with Gasteiger partial charge in [0, 0.05) is 51.6 Å². The zero-order chi connectivity index (χ0) is 95.9. The summed E-state index contributed by atoms with van der Waals surface area (Å²) in [5.41, 5.74) is 55.9. The van der Waals surface area contributed by atoms with E-state index in [-0.39, 0.29) is 0 Å². The van der Waals surface area contributed by atoms with Crippen LogP contribution >= 0.6 is 0 Å². The molecular formula is C129H153N3. The van der Waals surface area contributed by atoms with E-state index < -0.39 is 0 Å². The zero-order valence-corrected chi connectivity index (χ0v) is 86.2. The Balaban J connectivity index is 0.000000180. The summed E-state index contributed by atoms with van der Waals surface area (Å²) in [5.74, 6) is 0. The van der Waals surface area contributed by atoms with Gasteiger partial charge in [0.15, 0.2) is 0 Å². The predicted octanol–water partition coefficient (Wildman–Crippen LogP) is 38.9. The molecule has 0 atom stereocenters. The van der Waals surface area contributed by atoms with Crippen molar-refractivity contribution in [1.29, 1.82) is 0 Å². The Morgan fingerprint density at radius 3 is 0.811 bits per heavy atom. The van der Waals surface area contributed by atoms with Gasteiger partial charge in [-0.2, -0.15) is 0 Å². The number of para-hydroxylation sites is 3. The minimum Gasteiger partial charge on any atom is -0.309 e. The summed E-state index contributed by atoms with van der Waals surface area (Å²) >= 11 is 0. The van der Waals surface area contributed by atoms with Crippen LogP contribution in [-0.2, 0) is 57.8 Å². The van der Waals surface area contributed by atoms with Crippen molar-refractivity contribution < 1.29 is 0 Å². The van der Waals surface area contributed by atoms with Gasteiger partial charge in [-0.15, -0.1) is 0 Å². The lowest BCUT2D eigenvalue weighted by atomic mass is 9.90. The maximum absolute atomic E-state index is 2.57. The molecule has 6 aliphatic carbocycles. The van der Waals surface area contributed by atoms with Gasteiger partial charge in [-0.1, -0.05) is 438 Å². The average Bonchev–Trinajstić information content (AvgIpc) is 1.55. The third kappa shape index (κ3) is 17.3. The van der Waals surface area contributed by atoms with Crippen LogP contribution in [0.15, 0.2) is 273 Å². The molecule has 27 rings (SSSR count). The molecule has 3 heteroatoms. The van der Waals surface area contributed by atoms with E-state index in [0.29, 0.717) is 0 Å². The van der Waals surface area contributed by atoms with E-state index in [4.69, 9.17) is 0 Å². The molecule has 132 heavy (non-hydrogen) atoms. The Bertz CT molecular complexity index is 6870. The largest absolute Gasteiger partial charge is 0.309 e. The lowest BCUT2D eigenvalue weighted by molar-refractivity contribution is 1.04. The Morgan fingerprint density at radius 2 is 0.417 bits per heavy atom. The predicted molar refractivity (Wildman–Crippen MR) is 590 cm³/mol. The second kappa shape index (κ2) is 47.7. The minimum absolute atomic E-state index is 0.999. The van der Waals surface area contributed by atoms with Crippen LogP contribution in [0.3, 0.4) is 0 Å². The monoisotopic (exact) mass is 1740 g/mol. The Labute approximate surface area is 796 Å². The summed E-state index contributed by atoms with van der Waals surface area (Å²) in [5, 5.41) is 8.44. The Morgan fingerprint density at radius 1 is 0.152 bits per heavy atom. The van der Waals surface area contributed by atoms with Gasteiger partial charge >= 0.3 is 0 Å². The molecule has 9 aliphatic rings. The van der Waals surface area contributed by atoms with E-state index >= 15 is 0 Å². The number of hydrogen-bond acceptors (Lipinski definition) is 0. The van der Waals surface area contributed by atoms with Gasteiger partial charge < -0.3 is 13.7 Å². The summed E-state index contributed by atoms with van der Waals surface area (Å²) in [7, 11) is 0. The van der Waals surface area contributed by atoms with E-state index in [2.05, 4.69) is 287 Å². The molecule has 3 aromatic heterocycles. The molecule has 3 nitrogen and oxygen atoms in total. The van der Waals surface area contributed by atoms with Crippen LogP contribution in [0.2, 0.25) is 0 Å². The third-order valence-electron chi connectivity index (χ3n) is 25.3. The van der Waals surface area contributed by atoms with Crippen LogP contribution in [0.25, 0.3) is 149 Å². The van der Waals surface area contributed by atoms with Gasteiger partial charge in [-0.05, 0) is 248 Å². The van der Waals surface area contributed by atoms with E-state index in [9.17, 15) is 0 Å². The van der Waals surface area contributed by atoms with Crippen LogP contribution in [0.4, 0.5) is 0 Å². The highest BCUT2D eigenvalue weighted by molar-refractivity contribution is 6.20. The van der Waals surface area contributed by atoms with Gasteiger partial charge in [0.05, 0.1) is 50.2 Å². The van der Waals surface area contributed by atoms with Gasteiger partial charge in [0.2, 0.25) is 0 Å². The molecular weight excluding hydrogens is 1590 g/mol. The first-order valence-electron chi connectivity index (χ1n) is 51.8. The summed E-state index contributed by atoms with van der Waals surface area (Å²) < 4.78 is 7.71. The van der Waals surface area contributed by atoms with Crippen molar-refractivity contribution in [1.82, 2.24) is 13.7 Å². The van der Waals surface area contributed by atoms with Crippen molar-refractivity contribution in [2.24, 2.45) is 0 Å². The van der Waals surface area contributed by atoms with Crippen LogP contribution in [0.1, 0.15) is 308 Å². The highest BCUT2D eigenvalue weighted by Crippen LogP contribution is 2.55. The molecule has 0 saturated carbocycles. The first-order valence-corrected chi connectivity index (χ1v) is 51.8. The van der Waals surface area contributed by atoms with Gasteiger partial charge in [-0.25, -0.2) is 0 Å². The van der Waals surface area contributed by atoms with Crippen molar-refractivity contribution in [2.45, 2.75) is 265 Å². The molecule has 0 saturated heterocycles. The topological polar surface area (TPSA) is 14.8 Å². The molecule has 0 amide bonds. The number of hydrogen-bond donors (Lipinski definition) is 0. The van der Waals surface area contributed by atoms with Gasteiger partial charge in [-0.3, -0.25) is 0 Å². The second-order valence-corrected chi connectivity index (χ2v) is 30.3. The maximum Gasteiger partial charge on any atom is 0.0576 e. The molecule has 0 bridgehead atoms. The number of aromatic nitrogens is 3. The Kier molecular flexibility index (Phi) is 36.8. The summed E-state index contributed by atoms with van der Waals surface area (Å²) in [6, 6.07) is 103. The average molecular weight is 1750 g/mol. The molecule has 684 valence electrons. The smallest absolute Gasteiger partial charge is 0.0576 e. The number of fused-ring (bicyclic) bond motifs is 38. The molecule has 0 fully saturated rings. The fourth-order valence-electron chi connectivity index (χ4n) is 21.3. The highest BCUT2D eigenvalue weighted by Gasteiger charge is 2.36. The van der Waals surface area contributed by atoms with Gasteiger partial charge in [0.25, 0.3) is 0 Å². The van der Waals surface area contributed by atoms with Crippen molar-refractivity contribution in [3.63, 3.8) is 0 Å². The number of nitrogens with zero attached hydrogens (tertiary/aromatic N) is 3. The molecule has 0 unspecified atom stereocenters. The van der Waals surface area contributed by atoms with Crippen molar-refractivity contribution >= 4 is 65.4 Å². The summed E-state index contributed by atoms with van der Waals surface area (Å²) in [6.07, 6.45) is 9.25. The van der Waals surface area contributed by atoms with E-state index in [1.165, 1.54) is 249 Å². The normalized spacial score (nSPS) is 11.6. The molecule has 0 N–H and O–H groups in total. The quantitative estimate of drug-likeness (QED) is 0.144. The van der Waals surface area contributed by atoms with E-state index in [0.717, 1.165) is 57.8 Å². The van der Waals surface area contributed by atoms with E-state index in [1.54, 1.807) is 0 Å². The number of rotatable bonds is 0. The van der Waals surface area contributed by atoms with Crippen LogP contribution < -0.4 is 0 Å². The number of benzene rings is 15. The third-order valence-corrected chi connectivity index (χ3v) is 25.3. The molecule has 6 heterocycles. The van der Waals surface area contributed by atoms with Crippen LogP contribution in [-0.4, -0.2) is 13.7 Å². The summed E-state index contributed by atoms with van der Waals surface area (Å²) in [6.45, 7) is 60.0. The van der Waals surface area contributed by atoms with Crippen molar-refractivity contribution in [3.05, 3.63) is 373 Å². The molecule has 0 spiro atoms.